The van der Waals surface area contributed by atoms with E-state index in [2.05, 4.69) is 12.2 Å². The van der Waals surface area contributed by atoms with E-state index >= 15 is 0 Å². The van der Waals surface area contributed by atoms with Gasteiger partial charge in [-0.25, -0.2) is 9.59 Å². The summed E-state index contributed by atoms with van der Waals surface area (Å²) >= 11 is 0. The van der Waals surface area contributed by atoms with Crippen molar-refractivity contribution in [2.45, 2.75) is 44.8 Å². The van der Waals surface area contributed by atoms with Gasteiger partial charge in [-0.15, -0.1) is 0 Å². The molecule has 2 unspecified atom stereocenters. The summed E-state index contributed by atoms with van der Waals surface area (Å²) in [6.07, 6.45) is 3.59. The standard InChI is InChI=1S/C13H22N2O4/c1-2-10(7-9-3-4-9)14-13(18)15-5-6-19-11(8-15)12(16)17/h9-11H,2-8H2,1H3,(H,14,18)(H,16,17). The van der Waals surface area contributed by atoms with Crippen molar-refractivity contribution in [2.24, 2.45) is 5.92 Å². The van der Waals surface area contributed by atoms with Crippen molar-refractivity contribution in [3.05, 3.63) is 0 Å². The van der Waals surface area contributed by atoms with Gasteiger partial charge in [-0.3, -0.25) is 0 Å². The first-order valence-electron chi connectivity index (χ1n) is 7.00. The lowest BCUT2D eigenvalue weighted by Gasteiger charge is -2.32. The number of aliphatic carboxylic acids is 1. The molecule has 2 aliphatic rings. The molecule has 19 heavy (non-hydrogen) atoms. The van der Waals surface area contributed by atoms with Crippen LogP contribution in [0.1, 0.15) is 32.6 Å². The smallest absolute Gasteiger partial charge is 0.334 e. The van der Waals surface area contributed by atoms with E-state index in [1.165, 1.54) is 17.7 Å². The van der Waals surface area contributed by atoms with E-state index in [-0.39, 0.29) is 25.2 Å². The molecule has 1 heterocycles. The molecule has 0 aromatic carbocycles. The largest absolute Gasteiger partial charge is 0.479 e. The number of ether oxygens (including phenoxy) is 1. The molecule has 0 bridgehead atoms. The van der Waals surface area contributed by atoms with Crippen LogP contribution in [0.5, 0.6) is 0 Å². The van der Waals surface area contributed by atoms with Crippen LogP contribution < -0.4 is 5.32 Å². The van der Waals surface area contributed by atoms with Crippen LogP contribution in [0.3, 0.4) is 0 Å². The molecule has 2 rings (SSSR count). The SMILES string of the molecule is CCC(CC1CC1)NC(=O)N1CCOC(C(=O)O)C1. The molecule has 2 N–H and O–H groups in total. The van der Waals surface area contributed by atoms with Crippen molar-refractivity contribution in [2.75, 3.05) is 19.7 Å². The van der Waals surface area contributed by atoms with E-state index in [0.29, 0.717) is 6.54 Å². The number of hydrogen-bond donors (Lipinski definition) is 2. The zero-order valence-electron chi connectivity index (χ0n) is 11.3. The maximum Gasteiger partial charge on any atom is 0.334 e. The highest BCUT2D eigenvalue weighted by molar-refractivity contribution is 5.77. The summed E-state index contributed by atoms with van der Waals surface area (Å²) in [6, 6.07) is 0.0353. The van der Waals surface area contributed by atoms with Crippen molar-refractivity contribution in [3.63, 3.8) is 0 Å². The molecule has 108 valence electrons. The highest BCUT2D eigenvalue weighted by Gasteiger charge is 2.31. The van der Waals surface area contributed by atoms with Gasteiger partial charge in [-0.1, -0.05) is 19.8 Å². The van der Waals surface area contributed by atoms with E-state index in [0.717, 1.165) is 18.8 Å². The Balaban J connectivity index is 1.81. The molecule has 2 amide bonds. The summed E-state index contributed by atoms with van der Waals surface area (Å²) in [5, 5.41) is 11.9. The Morgan fingerprint density at radius 1 is 1.47 bits per heavy atom. The minimum Gasteiger partial charge on any atom is -0.479 e. The maximum atomic E-state index is 12.1. The molecule has 0 radical (unpaired) electrons. The quantitative estimate of drug-likeness (QED) is 0.783. The van der Waals surface area contributed by atoms with E-state index in [1.54, 1.807) is 0 Å². The van der Waals surface area contributed by atoms with Gasteiger partial charge in [0.25, 0.3) is 0 Å². The monoisotopic (exact) mass is 270 g/mol. The van der Waals surface area contributed by atoms with Crippen LogP contribution in [0.4, 0.5) is 4.79 Å². The Kier molecular flexibility index (Phi) is 4.63. The normalized spacial score (nSPS) is 24.9. The fraction of sp³-hybridized carbons (Fsp3) is 0.846. The first-order chi connectivity index (χ1) is 9.10. The van der Waals surface area contributed by atoms with Crippen molar-refractivity contribution in [3.8, 4) is 0 Å². The van der Waals surface area contributed by atoms with Crippen molar-refractivity contribution >= 4 is 12.0 Å². The maximum absolute atomic E-state index is 12.1. The summed E-state index contributed by atoms with van der Waals surface area (Å²) in [6.45, 7) is 2.92. The van der Waals surface area contributed by atoms with Gasteiger partial charge in [0, 0.05) is 12.6 Å². The van der Waals surface area contributed by atoms with Crippen molar-refractivity contribution < 1.29 is 19.4 Å². The molecule has 0 spiro atoms. The lowest BCUT2D eigenvalue weighted by Crippen LogP contribution is -2.53. The van der Waals surface area contributed by atoms with Gasteiger partial charge in [0.15, 0.2) is 6.10 Å². The predicted octanol–water partition coefficient (Wildman–Crippen LogP) is 1.06. The average Bonchev–Trinajstić information content (AvgIpc) is 3.22. The fourth-order valence-electron chi connectivity index (χ4n) is 2.33. The summed E-state index contributed by atoms with van der Waals surface area (Å²) in [5.74, 6) is -0.246. The molecular weight excluding hydrogens is 248 g/mol. The highest BCUT2D eigenvalue weighted by atomic mass is 16.5. The molecule has 1 saturated heterocycles. The summed E-state index contributed by atoms with van der Waals surface area (Å²) in [7, 11) is 0. The van der Waals surface area contributed by atoms with Crippen LogP contribution in [-0.2, 0) is 9.53 Å². The van der Waals surface area contributed by atoms with Gasteiger partial charge in [0.05, 0.1) is 13.2 Å². The molecule has 0 aromatic rings. The lowest BCUT2D eigenvalue weighted by atomic mass is 10.1. The molecular formula is C13H22N2O4. The van der Waals surface area contributed by atoms with Crippen LogP contribution in [-0.4, -0.2) is 53.8 Å². The number of hydrogen-bond acceptors (Lipinski definition) is 3. The van der Waals surface area contributed by atoms with Gasteiger partial charge in [-0.05, 0) is 18.8 Å². The van der Waals surface area contributed by atoms with Gasteiger partial charge in [0.2, 0.25) is 0 Å². The Morgan fingerprint density at radius 3 is 2.79 bits per heavy atom. The first kappa shape index (κ1) is 14.1. The third-order valence-electron chi connectivity index (χ3n) is 3.76. The molecule has 2 atom stereocenters. The number of carboxylic acids is 1. The van der Waals surface area contributed by atoms with Gasteiger partial charge in [-0.2, -0.15) is 0 Å². The van der Waals surface area contributed by atoms with Gasteiger partial charge >= 0.3 is 12.0 Å². The van der Waals surface area contributed by atoms with Crippen molar-refractivity contribution in [1.82, 2.24) is 10.2 Å². The van der Waals surface area contributed by atoms with Crippen LogP contribution in [0.15, 0.2) is 0 Å². The topological polar surface area (TPSA) is 78.9 Å². The second-order valence-electron chi connectivity index (χ2n) is 5.38. The van der Waals surface area contributed by atoms with Gasteiger partial charge < -0.3 is 20.1 Å². The number of carboxylic acid groups (broad SMARTS) is 1. The number of morpholine rings is 1. The predicted molar refractivity (Wildman–Crippen MR) is 68.9 cm³/mol. The molecule has 1 aliphatic carbocycles. The molecule has 6 nitrogen and oxygen atoms in total. The minimum atomic E-state index is -1.01. The average molecular weight is 270 g/mol. The Hall–Kier alpha value is -1.30. The second kappa shape index (κ2) is 6.23. The number of nitrogens with zero attached hydrogens (tertiary/aromatic N) is 1. The van der Waals surface area contributed by atoms with E-state index in [1.807, 2.05) is 0 Å². The zero-order chi connectivity index (χ0) is 13.8. The van der Waals surface area contributed by atoms with E-state index < -0.39 is 12.1 Å². The molecule has 0 aromatic heterocycles. The van der Waals surface area contributed by atoms with Crippen molar-refractivity contribution in [1.29, 1.82) is 0 Å². The van der Waals surface area contributed by atoms with E-state index in [9.17, 15) is 9.59 Å². The Morgan fingerprint density at radius 2 is 2.21 bits per heavy atom. The third-order valence-corrected chi connectivity index (χ3v) is 3.76. The summed E-state index contributed by atoms with van der Waals surface area (Å²) < 4.78 is 5.10. The second-order valence-corrected chi connectivity index (χ2v) is 5.38. The molecule has 2 fully saturated rings. The molecule has 6 heteroatoms. The lowest BCUT2D eigenvalue weighted by molar-refractivity contribution is -0.154. The highest BCUT2D eigenvalue weighted by Crippen LogP contribution is 2.34. The summed E-state index contributed by atoms with van der Waals surface area (Å²) in [4.78, 5) is 24.5. The minimum absolute atomic E-state index is 0.126. The zero-order valence-corrected chi connectivity index (χ0v) is 11.3. The number of carbonyl (C=O) groups excluding carboxylic acids is 1. The Labute approximate surface area is 113 Å². The first-order valence-corrected chi connectivity index (χ1v) is 7.00. The number of urea groups is 1. The van der Waals surface area contributed by atoms with Crippen LogP contribution in [0.2, 0.25) is 0 Å². The van der Waals surface area contributed by atoms with Crippen LogP contribution >= 0.6 is 0 Å². The van der Waals surface area contributed by atoms with Crippen LogP contribution in [0.25, 0.3) is 0 Å². The molecule has 1 aliphatic heterocycles. The number of carbonyl (C=O) groups is 2. The van der Waals surface area contributed by atoms with Gasteiger partial charge in [0.1, 0.15) is 0 Å². The third kappa shape index (κ3) is 4.09. The fourth-order valence-corrected chi connectivity index (χ4v) is 2.33. The Bertz CT molecular complexity index is 344. The molecule has 1 saturated carbocycles. The number of amides is 2. The number of nitrogens with one attached hydrogen (secondary N) is 1. The van der Waals surface area contributed by atoms with E-state index in [4.69, 9.17) is 9.84 Å². The van der Waals surface area contributed by atoms with Crippen LogP contribution in [0, 0.1) is 5.92 Å². The summed E-state index contributed by atoms with van der Waals surface area (Å²) in [5.41, 5.74) is 0. The number of rotatable bonds is 5.